The monoisotopic (exact) mass is 424 g/mol. The smallest absolute Gasteiger partial charge is 0.338 e. The first-order chi connectivity index (χ1) is 12.5. The number of carbonyl (C=O) groups excluding carboxylic acids is 2. The Hall–Kier alpha value is -1.86. The molecular weight excluding hydrogens is 398 g/mol. The summed E-state index contributed by atoms with van der Waals surface area (Å²) in [6.07, 6.45) is 1.57. The fourth-order valence-electron chi connectivity index (χ4n) is 3.13. The number of esters is 1. The van der Waals surface area contributed by atoms with E-state index in [2.05, 4.69) is 50.9 Å². The van der Waals surface area contributed by atoms with Crippen molar-refractivity contribution in [3.63, 3.8) is 0 Å². The van der Waals surface area contributed by atoms with Gasteiger partial charge in [0.25, 0.3) is 0 Å². The molecule has 0 saturated carbocycles. The molecule has 142 valence electrons. The lowest BCUT2D eigenvalue weighted by Gasteiger charge is -2.28. The van der Waals surface area contributed by atoms with Gasteiger partial charge in [0.05, 0.1) is 23.9 Å². The average Bonchev–Trinajstić information content (AvgIpc) is 2.63. The van der Waals surface area contributed by atoms with Gasteiger partial charge < -0.3 is 20.7 Å². The van der Waals surface area contributed by atoms with Gasteiger partial charge in [0, 0.05) is 16.5 Å². The number of halogens is 1. The van der Waals surface area contributed by atoms with Gasteiger partial charge in [-0.25, -0.2) is 9.59 Å². The third-order valence-electron chi connectivity index (χ3n) is 4.49. The second-order valence-electron chi connectivity index (χ2n) is 6.18. The van der Waals surface area contributed by atoms with Crippen LogP contribution in [0.1, 0.15) is 45.2 Å². The Balaban J connectivity index is 2.22. The number of ether oxygens (including phenoxy) is 1. The Morgan fingerprint density at radius 1 is 1.27 bits per heavy atom. The Morgan fingerprint density at radius 2 is 1.96 bits per heavy atom. The number of quaternary nitrogens is 1. The topological polar surface area (TPSA) is 84.0 Å². The average molecular weight is 425 g/mol. The molecular formula is C19H27BrN3O3+. The Bertz CT molecular complexity index is 673. The number of nitrogens with two attached hydrogens (primary N) is 1. The minimum atomic E-state index is -0.369. The number of amides is 2. The predicted molar refractivity (Wildman–Crippen MR) is 103 cm³/mol. The Kier molecular flexibility index (Phi) is 7.66. The minimum Gasteiger partial charge on any atom is -0.463 e. The van der Waals surface area contributed by atoms with E-state index in [-0.39, 0.29) is 24.1 Å². The van der Waals surface area contributed by atoms with Gasteiger partial charge in [-0.05, 0) is 25.5 Å². The first kappa shape index (κ1) is 20.5. The maximum Gasteiger partial charge on any atom is 0.338 e. The van der Waals surface area contributed by atoms with Crippen LogP contribution in [0.25, 0.3) is 0 Å². The van der Waals surface area contributed by atoms with Crippen LogP contribution >= 0.6 is 15.9 Å². The van der Waals surface area contributed by atoms with Crippen molar-refractivity contribution >= 4 is 27.9 Å². The molecule has 2 amide bonds. The normalized spacial score (nSPS) is 18.2. The van der Waals surface area contributed by atoms with E-state index in [0.717, 1.165) is 10.9 Å². The molecule has 1 heterocycles. The summed E-state index contributed by atoms with van der Waals surface area (Å²) in [5.41, 5.74) is 2.37. The van der Waals surface area contributed by atoms with Crippen LogP contribution in [0, 0.1) is 0 Å². The van der Waals surface area contributed by atoms with Gasteiger partial charge in [-0.1, -0.05) is 41.9 Å². The highest BCUT2D eigenvalue weighted by Crippen LogP contribution is 2.18. The van der Waals surface area contributed by atoms with Gasteiger partial charge in [-0.2, -0.15) is 0 Å². The van der Waals surface area contributed by atoms with Crippen LogP contribution in [0.2, 0.25) is 0 Å². The van der Waals surface area contributed by atoms with E-state index in [4.69, 9.17) is 4.74 Å². The van der Waals surface area contributed by atoms with Gasteiger partial charge in [0.1, 0.15) is 12.6 Å². The fourth-order valence-corrected chi connectivity index (χ4v) is 3.40. The molecule has 7 heteroatoms. The number of hydrogen-bond acceptors (Lipinski definition) is 3. The van der Waals surface area contributed by atoms with Gasteiger partial charge in [-0.3, -0.25) is 0 Å². The lowest BCUT2D eigenvalue weighted by atomic mass is 9.99. The molecule has 6 nitrogen and oxygen atoms in total. The number of carbonyl (C=O) groups is 2. The molecule has 0 aromatic heterocycles. The predicted octanol–water partition coefficient (Wildman–Crippen LogP) is 2.37. The zero-order valence-corrected chi connectivity index (χ0v) is 17.1. The summed E-state index contributed by atoms with van der Waals surface area (Å²) in [6.45, 7) is 6.65. The molecule has 0 radical (unpaired) electrons. The molecule has 0 bridgehead atoms. The van der Waals surface area contributed by atoms with E-state index < -0.39 is 0 Å². The highest BCUT2D eigenvalue weighted by atomic mass is 79.9. The molecule has 1 aliphatic rings. The van der Waals surface area contributed by atoms with Crippen LogP contribution in [0.5, 0.6) is 0 Å². The quantitative estimate of drug-likeness (QED) is 0.560. The lowest BCUT2D eigenvalue weighted by Crippen LogP contribution is -2.86. The molecule has 1 aromatic rings. The zero-order valence-electron chi connectivity index (χ0n) is 15.5. The molecule has 0 aliphatic carbocycles. The molecule has 0 saturated heterocycles. The molecule has 26 heavy (non-hydrogen) atoms. The Morgan fingerprint density at radius 3 is 2.54 bits per heavy atom. The van der Waals surface area contributed by atoms with Crippen molar-refractivity contribution in [3.8, 4) is 0 Å². The number of rotatable bonds is 8. The SMILES string of the molecule is CCOC(=O)C1=C(C[NH2+][C@@H](CC)c2ccc(Br)cc2)NC(=O)N[C@@H]1CC. The van der Waals surface area contributed by atoms with Crippen LogP contribution in [0.3, 0.4) is 0 Å². The first-order valence-electron chi connectivity index (χ1n) is 9.06. The fraction of sp³-hybridized carbons (Fsp3) is 0.474. The van der Waals surface area contributed by atoms with Crippen LogP contribution in [-0.4, -0.2) is 31.2 Å². The maximum atomic E-state index is 12.4. The van der Waals surface area contributed by atoms with Crippen molar-refractivity contribution in [2.45, 2.75) is 45.7 Å². The third kappa shape index (κ3) is 5.08. The van der Waals surface area contributed by atoms with Crippen LogP contribution < -0.4 is 16.0 Å². The number of hydrogen-bond donors (Lipinski definition) is 3. The molecule has 2 atom stereocenters. The van der Waals surface area contributed by atoms with Crippen molar-refractivity contribution < 1.29 is 19.6 Å². The largest absolute Gasteiger partial charge is 0.463 e. The van der Waals surface area contributed by atoms with E-state index >= 15 is 0 Å². The van der Waals surface area contributed by atoms with E-state index in [1.807, 2.05) is 19.1 Å². The molecule has 1 aliphatic heterocycles. The third-order valence-corrected chi connectivity index (χ3v) is 5.02. The van der Waals surface area contributed by atoms with Crippen LogP contribution in [-0.2, 0) is 9.53 Å². The summed E-state index contributed by atoms with van der Waals surface area (Å²) >= 11 is 3.45. The number of urea groups is 1. The highest BCUT2D eigenvalue weighted by Gasteiger charge is 2.32. The standard InChI is InChI=1S/C19H26BrN3O3/c1-4-14(12-7-9-13(20)10-8-12)21-11-16-17(18(24)26-6-3)15(5-2)22-19(25)23-16/h7-10,14-15,21H,4-6,11H2,1-3H3,(H2,22,23,25)/p+1/t14-,15+/m0/s1. The van der Waals surface area contributed by atoms with E-state index in [1.165, 1.54) is 5.56 Å². The van der Waals surface area contributed by atoms with E-state index in [1.54, 1.807) is 6.92 Å². The summed E-state index contributed by atoms with van der Waals surface area (Å²) < 4.78 is 6.24. The highest BCUT2D eigenvalue weighted by molar-refractivity contribution is 9.10. The van der Waals surface area contributed by atoms with Gasteiger partial charge in [-0.15, -0.1) is 0 Å². The molecule has 1 aromatic carbocycles. The Labute approximate surface area is 162 Å². The number of nitrogens with one attached hydrogen (secondary N) is 2. The van der Waals surface area contributed by atoms with Crippen molar-refractivity contribution in [2.75, 3.05) is 13.2 Å². The molecule has 0 spiro atoms. The van der Waals surface area contributed by atoms with E-state index in [9.17, 15) is 9.59 Å². The van der Waals surface area contributed by atoms with Crippen molar-refractivity contribution in [1.82, 2.24) is 10.6 Å². The molecule has 0 fully saturated rings. The van der Waals surface area contributed by atoms with Gasteiger partial charge in [0.2, 0.25) is 0 Å². The molecule has 2 rings (SSSR count). The zero-order chi connectivity index (χ0) is 19.1. The van der Waals surface area contributed by atoms with Crippen molar-refractivity contribution in [2.24, 2.45) is 0 Å². The second-order valence-corrected chi connectivity index (χ2v) is 7.09. The van der Waals surface area contributed by atoms with Crippen molar-refractivity contribution in [3.05, 3.63) is 45.6 Å². The van der Waals surface area contributed by atoms with Crippen LogP contribution in [0.4, 0.5) is 4.79 Å². The number of benzene rings is 1. The van der Waals surface area contributed by atoms with Gasteiger partial charge >= 0.3 is 12.0 Å². The van der Waals surface area contributed by atoms with Gasteiger partial charge in [0.15, 0.2) is 0 Å². The second kappa shape index (κ2) is 9.73. The first-order valence-corrected chi connectivity index (χ1v) is 9.85. The van der Waals surface area contributed by atoms with Crippen molar-refractivity contribution in [1.29, 1.82) is 0 Å². The molecule has 0 unspecified atom stereocenters. The summed E-state index contributed by atoms with van der Waals surface area (Å²) in [5.74, 6) is -0.369. The summed E-state index contributed by atoms with van der Waals surface area (Å²) in [4.78, 5) is 24.4. The summed E-state index contributed by atoms with van der Waals surface area (Å²) in [5, 5.41) is 7.75. The molecule has 4 N–H and O–H groups in total. The van der Waals surface area contributed by atoms with Crippen LogP contribution in [0.15, 0.2) is 40.0 Å². The lowest BCUT2D eigenvalue weighted by molar-refractivity contribution is -0.690. The summed E-state index contributed by atoms with van der Waals surface area (Å²) in [7, 11) is 0. The summed E-state index contributed by atoms with van der Waals surface area (Å²) in [6, 6.07) is 7.87. The minimum absolute atomic E-state index is 0.242. The maximum absolute atomic E-state index is 12.4. The van der Waals surface area contributed by atoms with E-state index in [0.29, 0.717) is 30.8 Å².